The second-order valence-corrected chi connectivity index (χ2v) is 5.33. The molecule has 5 heteroatoms. The summed E-state index contributed by atoms with van der Waals surface area (Å²) in [4.78, 5) is 15.4. The van der Waals surface area contributed by atoms with Crippen molar-refractivity contribution in [2.24, 2.45) is 0 Å². The van der Waals surface area contributed by atoms with Crippen LogP contribution in [0.3, 0.4) is 0 Å². The molecule has 0 radical (unpaired) electrons. The Balaban J connectivity index is 2.53. The van der Waals surface area contributed by atoms with Crippen LogP contribution in [0.2, 0.25) is 0 Å². The van der Waals surface area contributed by atoms with Crippen molar-refractivity contribution >= 4 is 27.5 Å². The topological polar surface area (TPSA) is 59.4 Å². The number of aromatic nitrogens is 1. The number of aromatic carboxylic acids is 1. The lowest BCUT2D eigenvalue weighted by Crippen LogP contribution is -2.22. The molecule has 2 aromatic rings. The van der Waals surface area contributed by atoms with Gasteiger partial charge in [-0.1, -0.05) is 6.92 Å². The summed E-state index contributed by atoms with van der Waals surface area (Å²) in [7, 11) is 1.66. The molecular formula is C13H15NO3S. The third-order valence-corrected chi connectivity index (χ3v) is 4.48. The van der Waals surface area contributed by atoms with E-state index in [1.54, 1.807) is 25.3 Å². The van der Waals surface area contributed by atoms with E-state index in [-0.39, 0.29) is 5.56 Å². The predicted octanol–water partition coefficient (Wildman–Crippen LogP) is 3.27. The van der Waals surface area contributed by atoms with Gasteiger partial charge in [-0.05, 0) is 31.5 Å². The lowest BCUT2D eigenvalue weighted by molar-refractivity contribution is -0.00139. The van der Waals surface area contributed by atoms with Gasteiger partial charge in [0.15, 0.2) is 0 Å². The molecule has 96 valence electrons. The second kappa shape index (κ2) is 4.66. The van der Waals surface area contributed by atoms with Gasteiger partial charge in [-0.25, -0.2) is 9.78 Å². The number of rotatable bonds is 4. The van der Waals surface area contributed by atoms with Crippen LogP contribution in [0.5, 0.6) is 0 Å². The monoisotopic (exact) mass is 265 g/mol. The van der Waals surface area contributed by atoms with Crippen LogP contribution in [0, 0.1) is 0 Å². The van der Waals surface area contributed by atoms with E-state index in [0.29, 0.717) is 0 Å². The smallest absolute Gasteiger partial charge is 0.335 e. The Morgan fingerprint density at radius 3 is 2.83 bits per heavy atom. The van der Waals surface area contributed by atoms with E-state index in [4.69, 9.17) is 9.84 Å². The minimum Gasteiger partial charge on any atom is -0.478 e. The zero-order valence-corrected chi connectivity index (χ0v) is 11.4. The normalized spacial score (nSPS) is 14.6. The fourth-order valence-electron chi connectivity index (χ4n) is 1.67. The van der Waals surface area contributed by atoms with Gasteiger partial charge >= 0.3 is 5.97 Å². The summed E-state index contributed by atoms with van der Waals surface area (Å²) in [6.45, 7) is 4.03. The molecule has 1 N–H and O–H groups in total. The van der Waals surface area contributed by atoms with E-state index < -0.39 is 11.6 Å². The third-order valence-electron chi connectivity index (χ3n) is 3.21. The summed E-state index contributed by atoms with van der Waals surface area (Å²) >= 11 is 1.49. The number of ether oxygens (including phenoxy) is 1. The van der Waals surface area contributed by atoms with Crippen molar-refractivity contribution in [1.29, 1.82) is 0 Å². The van der Waals surface area contributed by atoms with Crippen LogP contribution in [-0.4, -0.2) is 23.2 Å². The number of carboxylic acid groups (broad SMARTS) is 1. The Kier molecular flexibility index (Phi) is 3.36. The SMILES string of the molecule is CCC(C)(OC)c1nc2ccc(C(=O)O)cc2s1. The number of nitrogens with zero attached hydrogens (tertiary/aromatic N) is 1. The Labute approximate surface area is 109 Å². The van der Waals surface area contributed by atoms with Gasteiger partial charge in [-0.15, -0.1) is 11.3 Å². The van der Waals surface area contributed by atoms with Crippen LogP contribution in [0.1, 0.15) is 35.6 Å². The van der Waals surface area contributed by atoms with Gasteiger partial charge in [0, 0.05) is 7.11 Å². The molecule has 0 aliphatic carbocycles. The fourth-order valence-corrected chi connectivity index (χ4v) is 2.87. The molecule has 1 aromatic heterocycles. The van der Waals surface area contributed by atoms with E-state index in [2.05, 4.69) is 4.98 Å². The first-order chi connectivity index (χ1) is 8.50. The van der Waals surface area contributed by atoms with Gasteiger partial charge in [-0.3, -0.25) is 0 Å². The van der Waals surface area contributed by atoms with Crippen LogP contribution in [-0.2, 0) is 10.3 Å². The summed E-state index contributed by atoms with van der Waals surface area (Å²) in [6.07, 6.45) is 0.815. The van der Waals surface area contributed by atoms with E-state index in [9.17, 15) is 4.79 Å². The standard InChI is InChI=1S/C13H15NO3S/c1-4-13(2,17-3)12-14-9-6-5-8(11(15)16)7-10(9)18-12/h5-7H,4H2,1-3H3,(H,15,16). The first-order valence-electron chi connectivity index (χ1n) is 5.69. The van der Waals surface area contributed by atoms with Crippen molar-refractivity contribution in [2.45, 2.75) is 25.9 Å². The average Bonchev–Trinajstić information content (AvgIpc) is 2.80. The van der Waals surface area contributed by atoms with Crippen LogP contribution in [0.4, 0.5) is 0 Å². The highest BCUT2D eigenvalue weighted by Crippen LogP contribution is 2.34. The van der Waals surface area contributed by atoms with Gasteiger partial charge < -0.3 is 9.84 Å². The van der Waals surface area contributed by atoms with Crippen molar-refractivity contribution in [1.82, 2.24) is 4.98 Å². The van der Waals surface area contributed by atoms with Crippen molar-refractivity contribution in [2.75, 3.05) is 7.11 Å². The van der Waals surface area contributed by atoms with E-state index in [1.807, 2.05) is 13.8 Å². The molecule has 0 amide bonds. The minimum atomic E-state index is -0.920. The molecule has 1 heterocycles. The molecule has 18 heavy (non-hydrogen) atoms. The van der Waals surface area contributed by atoms with Crippen molar-refractivity contribution < 1.29 is 14.6 Å². The molecule has 1 unspecified atom stereocenters. The molecule has 2 rings (SSSR count). The summed E-state index contributed by atoms with van der Waals surface area (Å²) in [5.41, 5.74) is 0.692. The highest BCUT2D eigenvalue weighted by atomic mass is 32.1. The molecule has 1 atom stereocenters. The molecule has 1 aromatic carbocycles. The maximum absolute atomic E-state index is 10.9. The van der Waals surface area contributed by atoms with Gasteiger partial charge in [0.05, 0.1) is 15.8 Å². The first-order valence-corrected chi connectivity index (χ1v) is 6.51. The van der Waals surface area contributed by atoms with Gasteiger partial charge in [0.1, 0.15) is 10.6 Å². The molecule has 0 aliphatic heterocycles. The quantitative estimate of drug-likeness (QED) is 0.921. The van der Waals surface area contributed by atoms with Crippen molar-refractivity contribution in [3.8, 4) is 0 Å². The van der Waals surface area contributed by atoms with Crippen LogP contribution < -0.4 is 0 Å². The maximum atomic E-state index is 10.9. The largest absolute Gasteiger partial charge is 0.478 e. The number of thiazole rings is 1. The first kappa shape index (κ1) is 13.0. The summed E-state index contributed by atoms with van der Waals surface area (Å²) in [5, 5.41) is 9.84. The number of hydrogen-bond acceptors (Lipinski definition) is 4. The molecule has 0 saturated heterocycles. The number of carboxylic acids is 1. The summed E-state index contributed by atoms with van der Waals surface area (Å²) in [6, 6.07) is 4.97. The van der Waals surface area contributed by atoms with E-state index in [0.717, 1.165) is 21.6 Å². The zero-order chi connectivity index (χ0) is 13.3. The van der Waals surface area contributed by atoms with Gasteiger partial charge in [-0.2, -0.15) is 0 Å². The minimum absolute atomic E-state index is 0.285. The number of benzene rings is 1. The van der Waals surface area contributed by atoms with E-state index >= 15 is 0 Å². The Morgan fingerprint density at radius 2 is 2.28 bits per heavy atom. The lowest BCUT2D eigenvalue weighted by Gasteiger charge is -2.23. The predicted molar refractivity (Wildman–Crippen MR) is 71.2 cm³/mol. The second-order valence-electron chi connectivity index (χ2n) is 4.30. The average molecular weight is 265 g/mol. The lowest BCUT2D eigenvalue weighted by atomic mass is 10.1. The third kappa shape index (κ3) is 2.11. The number of methoxy groups -OCH3 is 1. The summed E-state index contributed by atoms with van der Waals surface area (Å²) in [5.74, 6) is -0.920. The molecule has 4 nitrogen and oxygen atoms in total. The van der Waals surface area contributed by atoms with Crippen LogP contribution in [0.25, 0.3) is 10.2 Å². The van der Waals surface area contributed by atoms with Crippen LogP contribution in [0.15, 0.2) is 18.2 Å². The van der Waals surface area contributed by atoms with Gasteiger partial charge in [0.25, 0.3) is 0 Å². The van der Waals surface area contributed by atoms with Crippen molar-refractivity contribution in [3.05, 3.63) is 28.8 Å². The van der Waals surface area contributed by atoms with Gasteiger partial charge in [0.2, 0.25) is 0 Å². The Morgan fingerprint density at radius 1 is 1.56 bits per heavy atom. The number of carbonyl (C=O) groups is 1. The molecule has 0 saturated carbocycles. The molecule has 0 bridgehead atoms. The zero-order valence-electron chi connectivity index (χ0n) is 10.6. The molecule has 0 aliphatic rings. The van der Waals surface area contributed by atoms with Crippen molar-refractivity contribution in [3.63, 3.8) is 0 Å². The molecule has 0 fully saturated rings. The maximum Gasteiger partial charge on any atom is 0.335 e. The number of hydrogen-bond donors (Lipinski definition) is 1. The summed E-state index contributed by atoms with van der Waals surface area (Å²) < 4.78 is 6.39. The molecular weight excluding hydrogens is 250 g/mol. The number of fused-ring (bicyclic) bond motifs is 1. The Bertz CT molecular complexity index is 587. The highest BCUT2D eigenvalue weighted by molar-refractivity contribution is 7.18. The Hall–Kier alpha value is -1.46. The van der Waals surface area contributed by atoms with Crippen LogP contribution >= 0.6 is 11.3 Å². The highest BCUT2D eigenvalue weighted by Gasteiger charge is 2.28. The van der Waals surface area contributed by atoms with E-state index in [1.165, 1.54) is 11.3 Å². The fraction of sp³-hybridized carbons (Fsp3) is 0.385. The molecule has 0 spiro atoms.